The number of nitrogens with zero attached hydrogens (tertiary/aromatic N) is 1. The lowest BCUT2D eigenvalue weighted by atomic mass is 9.85. The maximum absolute atomic E-state index is 13.6. The van der Waals surface area contributed by atoms with Crippen molar-refractivity contribution in [3.8, 4) is 0 Å². The second kappa shape index (κ2) is 5.09. The van der Waals surface area contributed by atoms with E-state index in [1.165, 1.54) is 12.5 Å². The fourth-order valence-corrected chi connectivity index (χ4v) is 2.58. The van der Waals surface area contributed by atoms with Crippen molar-refractivity contribution in [1.82, 2.24) is 0 Å². The Morgan fingerprint density at radius 1 is 1.28 bits per heavy atom. The van der Waals surface area contributed by atoms with Crippen molar-refractivity contribution < 1.29 is 9.18 Å². The first kappa shape index (κ1) is 13.1. The van der Waals surface area contributed by atoms with Gasteiger partial charge in [0.25, 0.3) is 0 Å². The van der Waals surface area contributed by atoms with Crippen LogP contribution in [-0.2, 0) is 0 Å². The summed E-state index contributed by atoms with van der Waals surface area (Å²) >= 11 is 0. The Morgan fingerprint density at radius 2 is 2.06 bits per heavy atom. The first-order valence-corrected chi connectivity index (χ1v) is 6.52. The van der Waals surface area contributed by atoms with E-state index in [1.54, 1.807) is 6.07 Å². The van der Waals surface area contributed by atoms with E-state index in [-0.39, 0.29) is 5.56 Å². The van der Waals surface area contributed by atoms with Crippen molar-refractivity contribution >= 4 is 12.0 Å². The molecule has 0 saturated carbocycles. The molecule has 0 radical (unpaired) electrons. The molecular formula is C15H20FNO. The van der Waals surface area contributed by atoms with E-state index in [0.29, 0.717) is 11.7 Å². The van der Waals surface area contributed by atoms with Gasteiger partial charge in [-0.25, -0.2) is 4.39 Å². The molecular weight excluding hydrogens is 229 g/mol. The van der Waals surface area contributed by atoms with Crippen molar-refractivity contribution in [1.29, 1.82) is 0 Å². The molecule has 1 saturated heterocycles. The molecule has 1 aliphatic rings. The Hall–Kier alpha value is -1.38. The fourth-order valence-electron chi connectivity index (χ4n) is 2.58. The van der Waals surface area contributed by atoms with Crippen molar-refractivity contribution in [2.45, 2.75) is 33.1 Å². The van der Waals surface area contributed by atoms with Crippen LogP contribution in [-0.4, -0.2) is 19.4 Å². The number of rotatable bonds is 2. The normalized spacial score (nSPS) is 19.4. The Balaban J connectivity index is 2.26. The van der Waals surface area contributed by atoms with E-state index < -0.39 is 5.82 Å². The van der Waals surface area contributed by atoms with Gasteiger partial charge in [-0.2, -0.15) is 0 Å². The van der Waals surface area contributed by atoms with Crippen LogP contribution in [0.25, 0.3) is 0 Å². The number of carbonyl (C=O) groups is 1. The summed E-state index contributed by atoms with van der Waals surface area (Å²) in [4.78, 5) is 13.2. The molecule has 98 valence electrons. The van der Waals surface area contributed by atoms with Crippen LogP contribution in [0.3, 0.4) is 0 Å². The molecule has 2 nitrogen and oxygen atoms in total. The van der Waals surface area contributed by atoms with E-state index in [4.69, 9.17) is 0 Å². The quantitative estimate of drug-likeness (QED) is 0.746. The van der Waals surface area contributed by atoms with Crippen molar-refractivity contribution in [3.63, 3.8) is 0 Å². The SMILES string of the molecule is CC1(C)CCCN(c2cccc(F)c2C=O)CC1. The number of benzene rings is 1. The molecule has 0 bridgehead atoms. The number of carbonyl (C=O) groups excluding carboxylic acids is 1. The number of anilines is 1. The maximum atomic E-state index is 13.6. The number of hydrogen-bond acceptors (Lipinski definition) is 2. The summed E-state index contributed by atoms with van der Waals surface area (Å²) in [5.41, 5.74) is 1.27. The van der Waals surface area contributed by atoms with Crippen LogP contribution in [0.2, 0.25) is 0 Å². The Bertz CT molecular complexity index is 442. The molecule has 1 aliphatic heterocycles. The first-order chi connectivity index (χ1) is 8.53. The zero-order chi connectivity index (χ0) is 13.2. The minimum Gasteiger partial charge on any atom is -0.371 e. The topological polar surface area (TPSA) is 20.3 Å². The molecule has 1 heterocycles. The standard InChI is InChI=1S/C15H20FNO/c1-15(2)7-4-9-17(10-8-15)14-6-3-5-13(16)12(14)11-18/h3,5-6,11H,4,7-10H2,1-2H3. The minimum absolute atomic E-state index is 0.192. The lowest BCUT2D eigenvalue weighted by Crippen LogP contribution is -2.26. The van der Waals surface area contributed by atoms with Crippen LogP contribution in [0.4, 0.5) is 10.1 Å². The van der Waals surface area contributed by atoms with Gasteiger partial charge >= 0.3 is 0 Å². The third-order valence-electron chi connectivity index (χ3n) is 3.83. The van der Waals surface area contributed by atoms with Gasteiger partial charge in [0, 0.05) is 13.1 Å². The zero-order valence-corrected chi connectivity index (χ0v) is 11.1. The maximum Gasteiger partial charge on any atom is 0.155 e. The molecule has 3 heteroatoms. The number of hydrogen-bond donors (Lipinski definition) is 0. The van der Waals surface area contributed by atoms with E-state index >= 15 is 0 Å². The van der Waals surface area contributed by atoms with Gasteiger partial charge in [0.15, 0.2) is 6.29 Å². The minimum atomic E-state index is -0.425. The lowest BCUT2D eigenvalue weighted by Gasteiger charge is -2.26. The molecule has 0 aliphatic carbocycles. The predicted molar refractivity (Wildman–Crippen MR) is 71.6 cm³/mol. The van der Waals surface area contributed by atoms with Crippen LogP contribution in [0.15, 0.2) is 18.2 Å². The Kier molecular flexibility index (Phi) is 3.69. The van der Waals surface area contributed by atoms with Gasteiger partial charge in [0.2, 0.25) is 0 Å². The molecule has 0 unspecified atom stereocenters. The lowest BCUT2D eigenvalue weighted by molar-refractivity contribution is 0.112. The fraction of sp³-hybridized carbons (Fsp3) is 0.533. The van der Waals surface area contributed by atoms with Gasteiger partial charge in [-0.1, -0.05) is 19.9 Å². The molecule has 0 N–H and O–H groups in total. The van der Waals surface area contributed by atoms with Crippen LogP contribution >= 0.6 is 0 Å². The third kappa shape index (κ3) is 2.71. The Morgan fingerprint density at radius 3 is 2.78 bits per heavy atom. The van der Waals surface area contributed by atoms with Gasteiger partial charge < -0.3 is 4.90 Å². The second-order valence-electron chi connectivity index (χ2n) is 5.80. The van der Waals surface area contributed by atoms with E-state index in [2.05, 4.69) is 18.7 Å². The second-order valence-corrected chi connectivity index (χ2v) is 5.80. The van der Waals surface area contributed by atoms with Crippen molar-refractivity contribution in [2.24, 2.45) is 5.41 Å². The predicted octanol–water partition coefficient (Wildman–Crippen LogP) is 3.65. The molecule has 0 atom stereocenters. The highest BCUT2D eigenvalue weighted by Crippen LogP contribution is 2.32. The molecule has 0 spiro atoms. The highest BCUT2D eigenvalue weighted by molar-refractivity contribution is 5.85. The van der Waals surface area contributed by atoms with Crippen LogP contribution in [0.5, 0.6) is 0 Å². The summed E-state index contributed by atoms with van der Waals surface area (Å²) in [5, 5.41) is 0. The largest absolute Gasteiger partial charge is 0.371 e. The van der Waals surface area contributed by atoms with Crippen molar-refractivity contribution in [3.05, 3.63) is 29.6 Å². The first-order valence-electron chi connectivity index (χ1n) is 6.52. The summed E-state index contributed by atoms with van der Waals surface area (Å²) in [5.74, 6) is -0.425. The smallest absolute Gasteiger partial charge is 0.155 e. The van der Waals surface area contributed by atoms with Gasteiger partial charge in [0.05, 0.1) is 11.3 Å². The molecule has 1 aromatic carbocycles. The van der Waals surface area contributed by atoms with E-state index in [1.807, 2.05) is 6.07 Å². The monoisotopic (exact) mass is 249 g/mol. The summed E-state index contributed by atoms with van der Waals surface area (Å²) < 4.78 is 13.6. The molecule has 1 fully saturated rings. The van der Waals surface area contributed by atoms with Crippen molar-refractivity contribution in [2.75, 3.05) is 18.0 Å². The van der Waals surface area contributed by atoms with Gasteiger partial charge in [-0.15, -0.1) is 0 Å². The van der Waals surface area contributed by atoms with E-state index in [0.717, 1.165) is 31.6 Å². The van der Waals surface area contributed by atoms with Crippen LogP contribution in [0, 0.1) is 11.2 Å². The molecule has 1 aromatic rings. The summed E-state index contributed by atoms with van der Waals surface area (Å²) in [6.45, 7) is 6.32. The summed E-state index contributed by atoms with van der Waals surface area (Å²) in [7, 11) is 0. The summed E-state index contributed by atoms with van der Waals surface area (Å²) in [6, 6.07) is 4.85. The highest BCUT2D eigenvalue weighted by Gasteiger charge is 2.24. The third-order valence-corrected chi connectivity index (χ3v) is 3.83. The number of halogens is 1. The van der Waals surface area contributed by atoms with Crippen LogP contribution < -0.4 is 4.90 Å². The average Bonchev–Trinajstić information content (AvgIpc) is 2.50. The van der Waals surface area contributed by atoms with E-state index in [9.17, 15) is 9.18 Å². The number of aldehydes is 1. The average molecular weight is 249 g/mol. The molecule has 2 rings (SSSR count). The molecule has 18 heavy (non-hydrogen) atoms. The zero-order valence-electron chi connectivity index (χ0n) is 11.1. The molecule has 0 aromatic heterocycles. The Labute approximate surface area is 108 Å². The van der Waals surface area contributed by atoms with Gasteiger partial charge in [-0.05, 0) is 36.8 Å². The van der Waals surface area contributed by atoms with Gasteiger partial charge in [0.1, 0.15) is 5.82 Å². The molecule has 0 amide bonds. The van der Waals surface area contributed by atoms with Crippen LogP contribution in [0.1, 0.15) is 43.5 Å². The summed E-state index contributed by atoms with van der Waals surface area (Å²) in [6.07, 6.45) is 3.96. The van der Waals surface area contributed by atoms with Gasteiger partial charge in [-0.3, -0.25) is 4.79 Å². The highest BCUT2D eigenvalue weighted by atomic mass is 19.1.